The average Bonchev–Trinajstić information content (AvgIpc) is 3.33. The Bertz CT molecular complexity index is 606. The molecule has 3 rings (SSSR count). The molecule has 1 aromatic carbocycles. The summed E-state index contributed by atoms with van der Waals surface area (Å²) < 4.78 is 5.79. The van der Waals surface area contributed by atoms with Gasteiger partial charge in [-0.2, -0.15) is 0 Å². The highest BCUT2D eigenvalue weighted by molar-refractivity contribution is 5.68. The summed E-state index contributed by atoms with van der Waals surface area (Å²) in [5.41, 5.74) is 3.30. The van der Waals surface area contributed by atoms with E-state index in [-0.39, 0.29) is 0 Å². The van der Waals surface area contributed by atoms with Gasteiger partial charge in [-0.15, -0.1) is 0 Å². The molecule has 1 aromatic heterocycles. The van der Waals surface area contributed by atoms with E-state index < -0.39 is 0 Å². The van der Waals surface area contributed by atoms with E-state index in [0.717, 1.165) is 35.7 Å². The molecule has 1 aliphatic carbocycles. The van der Waals surface area contributed by atoms with Crippen LogP contribution in [0.2, 0.25) is 0 Å². The van der Waals surface area contributed by atoms with Crippen molar-refractivity contribution in [3.8, 4) is 17.0 Å². The minimum atomic E-state index is 0.432. The van der Waals surface area contributed by atoms with Crippen LogP contribution in [-0.4, -0.2) is 23.1 Å². The lowest BCUT2D eigenvalue weighted by Crippen LogP contribution is -2.03. The Labute approximate surface area is 125 Å². The molecule has 0 amide bonds. The summed E-state index contributed by atoms with van der Waals surface area (Å²) >= 11 is 0. The molecule has 1 saturated carbocycles. The van der Waals surface area contributed by atoms with Crippen molar-refractivity contribution in [1.82, 2.24) is 9.97 Å². The van der Waals surface area contributed by atoms with Crippen LogP contribution >= 0.6 is 0 Å². The van der Waals surface area contributed by atoms with Gasteiger partial charge in [-0.25, -0.2) is 9.97 Å². The van der Waals surface area contributed by atoms with Gasteiger partial charge in [0.15, 0.2) is 0 Å². The summed E-state index contributed by atoms with van der Waals surface area (Å²) in [6.07, 6.45) is 6.45. The van der Waals surface area contributed by atoms with Crippen molar-refractivity contribution >= 4 is 5.82 Å². The van der Waals surface area contributed by atoms with Gasteiger partial charge in [-0.1, -0.05) is 13.3 Å². The van der Waals surface area contributed by atoms with Gasteiger partial charge in [0.2, 0.25) is 0 Å². The van der Waals surface area contributed by atoms with E-state index in [0.29, 0.717) is 6.10 Å². The maximum Gasteiger partial charge on any atom is 0.132 e. The third-order valence-electron chi connectivity index (χ3n) is 3.64. The average molecular weight is 283 g/mol. The number of hydrogen-bond acceptors (Lipinski definition) is 4. The fourth-order valence-electron chi connectivity index (χ4n) is 2.43. The van der Waals surface area contributed by atoms with Gasteiger partial charge in [0, 0.05) is 18.2 Å². The predicted octanol–water partition coefficient (Wildman–Crippen LogP) is 3.68. The highest BCUT2D eigenvalue weighted by atomic mass is 16.5. The standard InChI is InChI=1S/C17H21N3O/c1-3-4-15-16(19-11-20-17(15)18-2)12-5-7-13(8-6-12)21-14-9-10-14/h5-8,11,14H,3-4,9-10H2,1-2H3,(H,18,19,20). The first-order valence-corrected chi connectivity index (χ1v) is 7.60. The van der Waals surface area contributed by atoms with E-state index >= 15 is 0 Å². The van der Waals surface area contributed by atoms with Crippen molar-refractivity contribution in [3.63, 3.8) is 0 Å². The van der Waals surface area contributed by atoms with E-state index in [9.17, 15) is 0 Å². The summed E-state index contributed by atoms with van der Waals surface area (Å²) in [5.74, 6) is 1.86. The molecule has 4 nitrogen and oxygen atoms in total. The first-order valence-electron chi connectivity index (χ1n) is 7.60. The zero-order valence-corrected chi connectivity index (χ0v) is 12.6. The molecule has 1 heterocycles. The normalized spacial score (nSPS) is 14.0. The Kier molecular flexibility index (Phi) is 4.04. The van der Waals surface area contributed by atoms with E-state index in [1.807, 2.05) is 19.2 Å². The van der Waals surface area contributed by atoms with Crippen molar-refractivity contribution in [1.29, 1.82) is 0 Å². The summed E-state index contributed by atoms with van der Waals surface area (Å²) in [5, 5.41) is 3.16. The summed E-state index contributed by atoms with van der Waals surface area (Å²) in [6, 6.07) is 8.23. The van der Waals surface area contributed by atoms with E-state index in [4.69, 9.17) is 4.74 Å². The zero-order valence-electron chi connectivity index (χ0n) is 12.6. The highest BCUT2D eigenvalue weighted by Crippen LogP contribution is 2.30. The van der Waals surface area contributed by atoms with Gasteiger partial charge in [-0.3, -0.25) is 0 Å². The maximum atomic E-state index is 5.79. The van der Waals surface area contributed by atoms with Gasteiger partial charge in [-0.05, 0) is 43.5 Å². The zero-order chi connectivity index (χ0) is 14.7. The molecule has 0 atom stereocenters. The monoisotopic (exact) mass is 283 g/mol. The first-order chi connectivity index (χ1) is 10.3. The number of aromatic nitrogens is 2. The van der Waals surface area contributed by atoms with Crippen LogP contribution in [0.15, 0.2) is 30.6 Å². The first kappa shape index (κ1) is 13.9. The lowest BCUT2D eigenvalue weighted by Gasteiger charge is -2.12. The van der Waals surface area contributed by atoms with Gasteiger partial charge in [0.25, 0.3) is 0 Å². The van der Waals surface area contributed by atoms with Crippen LogP contribution in [0.4, 0.5) is 5.82 Å². The highest BCUT2D eigenvalue weighted by Gasteiger charge is 2.23. The molecule has 0 spiro atoms. The van der Waals surface area contributed by atoms with Crippen molar-refractivity contribution in [2.75, 3.05) is 12.4 Å². The fourth-order valence-corrected chi connectivity index (χ4v) is 2.43. The Balaban J connectivity index is 1.91. The van der Waals surface area contributed by atoms with E-state index in [1.54, 1.807) is 6.33 Å². The predicted molar refractivity (Wildman–Crippen MR) is 84.7 cm³/mol. The van der Waals surface area contributed by atoms with Crippen molar-refractivity contribution in [2.45, 2.75) is 38.7 Å². The van der Waals surface area contributed by atoms with E-state index in [2.05, 4.69) is 34.3 Å². The number of nitrogens with zero attached hydrogens (tertiary/aromatic N) is 2. The molecule has 1 N–H and O–H groups in total. The molecule has 2 aromatic rings. The van der Waals surface area contributed by atoms with Crippen LogP contribution in [-0.2, 0) is 6.42 Å². The lowest BCUT2D eigenvalue weighted by atomic mass is 10.0. The Hall–Kier alpha value is -2.10. The Morgan fingerprint density at radius 2 is 1.95 bits per heavy atom. The molecule has 0 aliphatic heterocycles. The fraction of sp³-hybridized carbons (Fsp3) is 0.412. The topological polar surface area (TPSA) is 47.0 Å². The van der Waals surface area contributed by atoms with Gasteiger partial charge >= 0.3 is 0 Å². The number of ether oxygens (including phenoxy) is 1. The molecule has 110 valence electrons. The number of rotatable bonds is 6. The summed E-state index contributed by atoms with van der Waals surface area (Å²) in [7, 11) is 1.90. The molecule has 1 aliphatic rings. The third kappa shape index (κ3) is 3.15. The second-order valence-electron chi connectivity index (χ2n) is 5.39. The minimum absolute atomic E-state index is 0.432. The lowest BCUT2D eigenvalue weighted by molar-refractivity contribution is 0.303. The van der Waals surface area contributed by atoms with E-state index in [1.165, 1.54) is 18.4 Å². The smallest absolute Gasteiger partial charge is 0.132 e. The van der Waals surface area contributed by atoms with Crippen LogP contribution in [0.25, 0.3) is 11.3 Å². The molecular weight excluding hydrogens is 262 g/mol. The van der Waals surface area contributed by atoms with Crippen LogP contribution in [0.3, 0.4) is 0 Å². The van der Waals surface area contributed by atoms with Crippen molar-refractivity contribution < 1.29 is 4.74 Å². The van der Waals surface area contributed by atoms with Crippen LogP contribution in [0, 0.1) is 0 Å². The maximum absolute atomic E-state index is 5.79. The second-order valence-corrected chi connectivity index (χ2v) is 5.39. The molecule has 0 unspecified atom stereocenters. The number of nitrogens with one attached hydrogen (secondary N) is 1. The van der Waals surface area contributed by atoms with Crippen LogP contribution in [0.5, 0.6) is 5.75 Å². The number of anilines is 1. The molecule has 4 heteroatoms. The largest absolute Gasteiger partial charge is 0.490 e. The summed E-state index contributed by atoms with van der Waals surface area (Å²) in [6.45, 7) is 2.17. The van der Waals surface area contributed by atoms with Gasteiger partial charge in [0.1, 0.15) is 17.9 Å². The van der Waals surface area contributed by atoms with Gasteiger partial charge in [0.05, 0.1) is 11.8 Å². The Morgan fingerprint density at radius 3 is 2.57 bits per heavy atom. The quantitative estimate of drug-likeness (QED) is 0.878. The SMILES string of the molecule is CCCc1c(NC)ncnc1-c1ccc(OC2CC2)cc1. The number of benzene rings is 1. The molecule has 0 radical (unpaired) electrons. The molecule has 0 saturated heterocycles. The van der Waals surface area contributed by atoms with Crippen LogP contribution < -0.4 is 10.1 Å². The van der Waals surface area contributed by atoms with Crippen molar-refractivity contribution in [3.05, 3.63) is 36.2 Å². The minimum Gasteiger partial charge on any atom is -0.490 e. The molecule has 21 heavy (non-hydrogen) atoms. The third-order valence-corrected chi connectivity index (χ3v) is 3.64. The molecule has 1 fully saturated rings. The van der Waals surface area contributed by atoms with Crippen molar-refractivity contribution in [2.24, 2.45) is 0 Å². The van der Waals surface area contributed by atoms with Crippen LogP contribution in [0.1, 0.15) is 31.7 Å². The Morgan fingerprint density at radius 1 is 1.19 bits per heavy atom. The summed E-state index contributed by atoms with van der Waals surface area (Å²) in [4.78, 5) is 8.81. The molecule has 0 bridgehead atoms. The number of hydrogen-bond donors (Lipinski definition) is 1. The second kappa shape index (κ2) is 6.12. The van der Waals surface area contributed by atoms with Gasteiger partial charge < -0.3 is 10.1 Å². The molecular formula is C17H21N3O.